The van der Waals surface area contributed by atoms with Crippen molar-refractivity contribution in [3.05, 3.63) is 71.7 Å². The van der Waals surface area contributed by atoms with Crippen LogP contribution in [-0.4, -0.2) is 22.5 Å². The van der Waals surface area contributed by atoms with E-state index in [9.17, 15) is 0 Å². The number of aryl methyl sites for hydroxylation is 1. The summed E-state index contributed by atoms with van der Waals surface area (Å²) in [6.45, 7) is 6.18. The number of hydrogen-bond acceptors (Lipinski definition) is 3. The number of para-hydroxylation sites is 1. The van der Waals surface area contributed by atoms with Crippen LogP contribution in [0.2, 0.25) is 0 Å². The lowest BCUT2D eigenvalue weighted by atomic mass is 10.1. The zero-order valence-corrected chi connectivity index (χ0v) is 17.4. The Bertz CT molecular complexity index is 873. The van der Waals surface area contributed by atoms with Crippen molar-refractivity contribution in [2.45, 2.75) is 26.9 Å². The number of nitrogens with one attached hydrogen (secondary N) is 2. The van der Waals surface area contributed by atoms with Crippen LogP contribution in [0.5, 0.6) is 0 Å². The quantitative estimate of drug-likeness (QED) is 0.345. The molecule has 5 nitrogen and oxygen atoms in total. The summed E-state index contributed by atoms with van der Waals surface area (Å²) in [6.07, 6.45) is 3.65. The lowest BCUT2D eigenvalue weighted by Gasteiger charge is -2.12. The van der Waals surface area contributed by atoms with Crippen molar-refractivity contribution < 1.29 is 0 Å². The monoisotopic (exact) mass is 461 g/mol. The zero-order chi connectivity index (χ0) is 17.5. The number of halogens is 1. The molecule has 0 spiro atoms. The Kier molecular flexibility index (Phi) is 7.77. The van der Waals surface area contributed by atoms with Gasteiger partial charge in [0.15, 0.2) is 5.96 Å². The summed E-state index contributed by atoms with van der Waals surface area (Å²) in [5, 5.41) is 7.79. The number of pyridine rings is 2. The van der Waals surface area contributed by atoms with Crippen molar-refractivity contribution in [3.63, 3.8) is 0 Å². The molecule has 0 fully saturated rings. The summed E-state index contributed by atoms with van der Waals surface area (Å²) in [6, 6.07) is 14.2. The molecule has 2 N–H and O–H groups in total. The molecule has 0 aliphatic rings. The SMILES string of the molecule is CCNC(=NCc1ccnc2ccccc12)NCc1ncccc1C.I. The predicted octanol–water partition coefficient (Wildman–Crippen LogP) is 3.81. The fraction of sp³-hybridized carbons (Fsp3) is 0.250. The molecule has 0 bridgehead atoms. The fourth-order valence-electron chi connectivity index (χ4n) is 2.67. The third-order valence-electron chi connectivity index (χ3n) is 4.03. The van der Waals surface area contributed by atoms with Gasteiger partial charge in [-0.25, -0.2) is 4.99 Å². The van der Waals surface area contributed by atoms with Crippen LogP contribution in [0, 0.1) is 6.92 Å². The number of guanidine groups is 1. The highest BCUT2D eigenvalue weighted by molar-refractivity contribution is 14.0. The lowest BCUT2D eigenvalue weighted by molar-refractivity contribution is 0.795. The molecule has 0 amide bonds. The van der Waals surface area contributed by atoms with Gasteiger partial charge in [0.2, 0.25) is 0 Å². The van der Waals surface area contributed by atoms with Gasteiger partial charge in [-0.15, -0.1) is 24.0 Å². The van der Waals surface area contributed by atoms with E-state index in [0.717, 1.165) is 34.7 Å². The third kappa shape index (κ3) is 5.14. The number of aliphatic imine (C=N–C) groups is 1. The molecule has 0 atom stereocenters. The second kappa shape index (κ2) is 10.1. The Morgan fingerprint density at radius 1 is 1.00 bits per heavy atom. The molecule has 3 aromatic rings. The van der Waals surface area contributed by atoms with Gasteiger partial charge in [0.1, 0.15) is 0 Å². The van der Waals surface area contributed by atoms with E-state index in [4.69, 9.17) is 4.99 Å². The van der Waals surface area contributed by atoms with Crippen LogP contribution in [0.4, 0.5) is 0 Å². The first-order chi connectivity index (χ1) is 12.3. The number of aromatic nitrogens is 2. The van der Waals surface area contributed by atoms with Crippen molar-refractivity contribution in [3.8, 4) is 0 Å². The number of nitrogens with zero attached hydrogens (tertiary/aromatic N) is 3. The van der Waals surface area contributed by atoms with Crippen molar-refractivity contribution in [1.29, 1.82) is 0 Å². The van der Waals surface area contributed by atoms with Crippen molar-refractivity contribution in [2.75, 3.05) is 6.54 Å². The normalized spacial score (nSPS) is 11.1. The minimum atomic E-state index is 0. The Hall–Kier alpha value is -2.22. The first-order valence-corrected chi connectivity index (χ1v) is 8.53. The molecule has 0 unspecified atom stereocenters. The molecule has 3 rings (SSSR count). The summed E-state index contributed by atoms with van der Waals surface area (Å²) in [7, 11) is 0. The number of hydrogen-bond donors (Lipinski definition) is 2. The van der Waals surface area contributed by atoms with E-state index in [1.54, 1.807) is 0 Å². The topological polar surface area (TPSA) is 62.2 Å². The first kappa shape index (κ1) is 20.1. The minimum absolute atomic E-state index is 0. The highest BCUT2D eigenvalue weighted by atomic mass is 127. The maximum absolute atomic E-state index is 4.72. The second-order valence-corrected chi connectivity index (χ2v) is 5.80. The van der Waals surface area contributed by atoms with E-state index >= 15 is 0 Å². The van der Waals surface area contributed by atoms with Crippen LogP contribution < -0.4 is 10.6 Å². The second-order valence-electron chi connectivity index (χ2n) is 5.80. The van der Waals surface area contributed by atoms with Gasteiger partial charge >= 0.3 is 0 Å². The van der Waals surface area contributed by atoms with Crippen molar-refractivity contribution >= 4 is 40.8 Å². The van der Waals surface area contributed by atoms with Crippen molar-refractivity contribution in [2.24, 2.45) is 4.99 Å². The van der Waals surface area contributed by atoms with E-state index in [0.29, 0.717) is 13.1 Å². The van der Waals surface area contributed by atoms with Gasteiger partial charge in [0.05, 0.1) is 24.3 Å². The van der Waals surface area contributed by atoms with Gasteiger partial charge in [-0.2, -0.15) is 0 Å². The Morgan fingerprint density at radius 3 is 2.65 bits per heavy atom. The van der Waals surface area contributed by atoms with Crippen LogP contribution in [0.1, 0.15) is 23.7 Å². The van der Waals surface area contributed by atoms with Crippen LogP contribution in [0.15, 0.2) is 59.9 Å². The van der Waals surface area contributed by atoms with E-state index < -0.39 is 0 Å². The van der Waals surface area contributed by atoms with Crippen molar-refractivity contribution in [1.82, 2.24) is 20.6 Å². The van der Waals surface area contributed by atoms with E-state index in [-0.39, 0.29) is 24.0 Å². The van der Waals surface area contributed by atoms with Gasteiger partial charge in [-0.1, -0.05) is 24.3 Å². The van der Waals surface area contributed by atoms with Crippen LogP contribution in [0.3, 0.4) is 0 Å². The molecule has 0 saturated carbocycles. The molecule has 1 aromatic carbocycles. The van der Waals surface area contributed by atoms with Crippen LogP contribution >= 0.6 is 24.0 Å². The highest BCUT2D eigenvalue weighted by Crippen LogP contribution is 2.16. The molecular formula is C20H24IN5. The largest absolute Gasteiger partial charge is 0.357 e. The molecule has 0 radical (unpaired) electrons. The van der Waals surface area contributed by atoms with E-state index in [2.05, 4.69) is 46.6 Å². The smallest absolute Gasteiger partial charge is 0.191 e. The van der Waals surface area contributed by atoms with Gasteiger partial charge in [-0.05, 0) is 43.2 Å². The maximum Gasteiger partial charge on any atom is 0.191 e. The lowest BCUT2D eigenvalue weighted by Crippen LogP contribution is -2.37. The van der Waals surface area contributed by atoms with Gasteiger partial charge < -0.3 is 10.6 Å². The standard InChI is InChI=1S/C20H23N5.HI/c1-3-21-20(25-14-19-15(2)7-6-11-22-19)24-13-16-10-12-23-18-9-5-4-8-17(16)18;/h4-12H,3,13-14H2,1-2H3,(H2,21,24,25);1H. The fourth-order valence-corrected chi connectivity index (χ4v) is 2.67. The predicted molar refractivity (Wildman–Crippen MR) is 118 cm³/mol. The van der Waals surface area contributed by atoms with Crippen LogP contribution in [-0.2, 0) is 13.1 Å². The molecule has 2 aromatic heterocycles. The molecule has 2 heterocycles. The summed E-state index contributed by atoms with van der Waals surface area (Å²) >= 11 is 0. The van der Waals surface area contributed by atoms with Crippen LogP contribution in [0.25, 0.3) is 10.9 Å². The maximum atomic E-state index is 4.72. The number of benzene rings is 1. The average Bonchev–Trinajstić information content (AvgIpc) is 2.65. The third-order valence-corrected chi connectivity index (χ3v) is 4.03. The minimum Gasteiger partial charge on any atom is -0.357 e. The van der Waals surface area contributed by atoms with Gasteiger partial charge in [-0.3, -0.25) is 9.97 Å². The average molecular weight is 461 g/mol. The Labute approximate surface area is 171 Å². The van der Waals surface area contributed by atoms with E-state index in [1.807, 2.05) is 42.7 Å². The number of rotatable bonds is 5. The van der Waals surface area contributed by atoms with Gasteiger partial charge in [0.25, 0.3) is 0 Å². The molecular weight excluding hydrogens is 437 g/mol. The molecule has 136 valence electrons. The first-order valence-electron chi connectivity index (χ1n) is 8.53. The van der Waals surface area contributed by atoms with Gasteiger partial charge in [0, 0.05) is 24.3 Å². The highest BCUT2D eigenvalue weighted by Gasteiger charge is 2.04. The summed E-state index contributed by atoms with van der Waals surface area (Å²) in [5.74, 6) is 0.786. The summed E-state index contributed by atoms with van der Waals surface area (Å²) < 4.78 is 0. The Morgan fingerprint density at radius 2 is 1.85 bits per heavy atom. The number of fused-ring (bicyclic) bond motifs is 1. The molecule has 0 aliphatic carbocycles. The summed E-state index contributed by atoms with van der Waals surface area (Å²) in [5.41, 5.74) is 4.36. The van der Waals surface area contributed by atoms with E-state index in [1.165, 1.54) is 5.56 Å². The summed E-state index contributed by atoms with van der Waals surface area (Å²) in [4.78, 5) is 13.5. The molecule has 26 heavy (non-hydrogen) atoms. The molecule has 6 heteroatoms. The molecule has 0 saturated heterocycles. The molecule has 0 aliphatic heterocycles. The zero-order valence-electron chi connectivity index (χ0n) is 15.1. The Balaban J connectivity index is 0.00000243.